The van der Waals surface area contributed by atoms with Gasteiger partial charge in [-0.2, -0.15) is 0 Å². The maximum absolute atomic E-state index is 12.4. The molecule has 0 heterocycles. The van der Waals surface area contributed by atoms with E-state index in [1.165, 1.54) is 6.92 Å². The number of halogens is 2. The van der Waals surface area contributed by atoms with Gasteiger partial charge in [0.25, 0.3) is 0 Å². The second-order valence-corrected chi connectivity index (χ2v) is 2.84. The quantitative estimate of drug-likeness (QED) is 0.734. The van der Waals surface area contributed by atoms with Crippen LogP contribution < -0.4 is 0 Å². The molecule has 0 aromatic rings. The van der Waals surface area contributed by atoms with Crippen LogP contribution in [0.3, 0.4) is 0 Å². The SMILES string of the molecule is CCCC(CC(C)F)C(=O)O.CF. The van der Waals surface area contributed by atoms with Crippen molar-refractivity contribution >= 4 is 5.97 Å². The second-order valence-electron chi connectivity index (χ2n) is 2.84. The second kappa shape index (κ2) is 9.42. The van der Waals surface area contributed by atoms with Crippen molar-refractivity contribution in [3.63, 3.8) is 0 Å². The first kappa shape index (κ1) is 14.8. The Kier molecular flexibility index (Phi) is 10.7. The molecule has 2 atom stereocenters. The minimum atomic E-state index is -1.01. The standard InChI is InChI=1S/C8H15FO2.CH3F/c1-3-4-7(8(10)11)5-6(2)9;1-2/h6-7H,3-5H2,1-2H3,(H,10,11);1H3. The summed E-state index contributed by atoms with van der Waals surface area (Å²) in [5.41, 5.74) is 0. The molecule has 0 saturated heterocycles. The van der Waals surface area contributed by atoms with Gasteiger partial charge in [0.1, 0.15) is 0 Å². The normalized spacial score (nSPS) is 13.9. The van der Waals surface area contributed by atoms with E-state index in [1.54, 1.807) is 0 Å². The number of carboxylic acid groups (broad SMARTS) is 1. The van der Waals surface area contributed by atoms with E-state index in [2.05, 4.69) is 0 Å². The Hall–Kier alpha value is -0.670. The predicted octanol–water partition coefficient (Wildman–Crippen LogP) is 2.82. The van der Waals surface area contributed by atoms with Gasteiger partial charge in [-0.25, -0.2) is 4.39 Å². The highest BCUT2D eigenvalue weighted by Gasteiger charge is 2.18. The summed E-state index contributed by atoms with van der Waals surface area (Å²) in [6, 6.07) is 0. The summed E-state index contributed by atoms with van der Waals surface area (Å²) in [4.78, 5) is 10.5. The smallest absolute Gasteiger partial charge is 0.306 e. The molecule has 2 unspecified atom stereocenters. The molecule has 0 rings (SSSR count). The van der Waals surface area contributed by atoms with Crippen LogP contribution in [0.15, 0.2) is 0 Å². The number of carbonyl (C=O) groups is 1. The largest absolute Gasteiger partial charge is 0.481 e. The summed E-state index contributed by atoms with van der Waals surface area (Å²) in [5.74, 6) is -1.38. The Balaban J connectivity index is 0. The predicted molar refractivity (Wildman–Crippen MR) is 48.3 cm³/mol. The van der Waals surface area contributed by atoms with Gasteiger partial charge in [0, 0.05) is 0 Å². The molecule has 0 fully saturated rings. The van der Waals surface area contributed by atoms with E-state index in [1.807, 2.05) is 6.92 Å². The lowest BCUT2D eigenvalue weighted by Gasteiger charge is -2.10. The van der Waals surface area contributed by atoms with E-state index in [-0.39, 0.29) is 6.42 Å². The maximum Gasteiger partial charge on any atom is 0.306 e. The van der Waals surface area contributed by atoms with Gasteiger partial charge in [-0.1, -0.05) is 13.3 Å². The molecule has 4 heteroatoms. The Morgan fingerprint density at radius 3 is 2.15 bits per heavy atom. The molecule has 0 radical (unpaired) electrons. The Labute approximate surface area is 78.0 Å². The molecule has 80 valence electrons. The van der Waals surface area contributed by atoms with Gasteiger partial charge in [-0.3, -0.25) is 9.18 Å². The number of hydrogen-bond donors (Lipinski definition) is 1. The number of aliphatic carboxylic acids is 1. The van der Waals surface area contributed by atoms with Crippen molar-refractivity contribution in [2.45, 2.75) is 39.3 Å². The van der Waals surface area contributed by atoms with Gasteiger partial charge in [-0.05, 0) is 19.8 Å². The zero-order valence-corrected chi connectivity index (χ0v) is 8.39. The summed E-state index contributed by atoms with van der Waals surface area (Å²) in [7, 11) is 0.500. The van der Waals surface area contributed by atoms with Gasteiger partial charge < -0.3 is 5.11 Å². The Bertz CT molecular complexity index is 127. The highest BCUT2D eigenvalue weighted by molar-refractivity contribution is 5.69. The lowest BCUT2D eigenvalue weighted by Crippen LogP contribution is -2.16. The summed E-state index contributed by atoms with van der Waals surface area (Å²) in [6.45, 7) is 3.30. The molecule has 1 N–H and O–H groups in total. The summed E-state index contributed by atoms with van der Waals surface area (Å²) in [6.07, 6.45) is 0.499. The lowest BCUT2D eigenvalue weighted by atomic mass is 9.98. The Morgan fingerprint density at radius 1 is 1.46 bits per heavy atom. The first-order valence-electron chi connectivity index (χ1n) is 4.32. The van der Waals surface area contributed by atoms with Crippen LogP contribution in [0.1, 0.15) is 33.1 Å². The Morgan fingerprint density at radius 2 is 1.92 bits per heavy atom. The van der Waals surface area contributed by atoms with Gasteiger partial charge >= 0.3 is 5.97 Å². The monoisotopic (exact) mass is 196 g/mol. The molecule has 0 aliphatic heterocycles. The number of alkyl halides is 2. The molecule has 0 aliphatic carbocycles. The average molecular weight is 196 g/mol. The van der Waals surface area contributed by atoms with E-state index in [4.69, 9.17) is 5.11 Å². The van der Waals surface area contributed by atoms with Crippen LogP contribution in [0.25, 0.3) is 0 Å². The molecule has 0 aromatic carbocycles. The molecule has 0 aromatic heterocycles. The van der Waals surface area contributed by atoms with Crippen molar-refractivity contribution in [1.29, 1.82) is 0 Å². The van der Waals surface area contributed by atoms with Crippen molar-refractivity contribution in [2.75, 3.05) is 7.18 Å². The van der Waals surface area contributed by atoms with Crippen LogP contribution in [0, 0.1) is 5.92 Å². The third kappa shape index (κ3) is 9.24. The third-order valence-electron chi connectivity index (χ3n) is 1.60. The van der Waals surface area contributed by atoms with Crippen molar-refractivity contribution in [1.82, 2.24) is 0 Å². The van der Waals surface area contributed by atoms with Gasteiger partial charge in [0.05, 0.1) is 19.3 Å². The molecule has 0 saturated carbocycles. The topological polar surface area (TPSA) is 37.3 Å². The molecular weight excluding hydrogens is 178 g/mol. The number of rotatable bonds is 5. The van der Waals surface area contributed by atoms with E-state index in [0.717, 1.165) is 6.42 Å². The highest BCUT2D eigenvalue weighted by atomic mass is 19.1. The number of hydrogen-bond acceptors (Lipinski definition) is 1. The summed E-state index contributed by atoms with van der Waals surface area (Å²) >= 11 is 0. The van der Waals surface area contributed by atoms with Crippen molar-refractivity contribution in [3.05, 3.63) is 0 Å². The third-order valence-corrected chi connectivity index (χ3v) is 1.60. The van der Waals surface area contributed by atoms with Crippen molar-refractivity contribution < 1.29 is 18.7 Å². The van der Waals surface area contributed by atoms with Crippen molar-refractivity contribution in [2.24, 2.45) is 5.92 Å². The average Bonchev–Trinajstić information content (AvgIpc) is 2.06. The molecule has 0 spiro atoms. The van der Waals surface area contributed by atoms with E-state index < -0.39 is 18.1 Å². The molecule has 0 bridgehead atoms. The van der Waals surface area contributed by atoms with E-state index in [0.29, 0.717) is 13.6 Å². The summed E-state index contributed by atoms with van der Waals surface area (Å²) < 4.78 is 21.9. The van der Waals surface area contributed by atoms with Crippen LogP contribution in [0.5, 0.6) is 0 Å². The lowest BCUT2D eigenvalue weighted by molar-refractivity contribution is -0.142. The maximum atomic E-state index is 12.4. The van der Waals surface area contributed by atoms with Crippen LogP contribution in [-0.2, 0) is 4.79 Å². The highest BCUT2D eigenvalue weighted by Crippen LogP contribution is 2.15. The fourth-order valence-corrected chi connectivity index (χ4v) is 1.08. The van der Waals surface area contributed by atoms with Gasteiger partial charge in [-0.15, -0.1) is 0 Å². The number of carboxylic acids is 1. The van der Waals surface area contributed by atoms with Crippen molar-refractivity contribution in [3.8, 4) is 0 Å². The molecule has 0 amide bonds. The van der Waals surface area contributed by atoms with Crippen LogP contribution in [-0.4, -0.2) is 24.4 Å². The van der Waals surface area contributed by atoms with E-state index >= 15 is 0 Å². The first-order valence-corrected chi connectivity index (χ1v) is 4.32. The molecule has 2 nitrogen and oxygen atoms in total. The van der Waals surface area contributed by atoms with Crippen LogP contribution >= 0.6 is 0 Å². The first-order chi connectivity index (χ1) is 6.07. The molecule has 0 aliphatic rings. The fraction of sp³-hybridized carbons (Fsp3) is 0.889. The van der Waals surface area contributed by atoms with Gasteiger partial charge in [0.15, 0.2) is 0 Å². The summed E-state index contributed by atoms with van der Waals surface area (Å²) in [5, 5.41) is 8.59. The van der Waals surface area contributed by atoms with Crippen LogP contribution in [0.4, 0.5) is 8.78 Å². The van der Waals surface area contributed by atoms with Crippen LogP contribution in [0.2, 0.25) is 0 Å². The molecular formula is C9H18F2O2. The molecule has 13 heavy (non-hydrogen) atoms. The minimum Gasteiger partial charge on any atom is -0.481 e. The zero-order valence-electron chi connectivity index (χ0n) is 8.39. The van der Waals surface area contributed by atoms with Gasteiger partial charge in [0.2, 0.25) is 0 Å². The van der Waals surface area contributed by atoms with E-state index in [9.17, 15) is 13.6 Å². The zero-order chi connectivity index (χ0) is 10.9. The minimum absolute atomic E-state index is 0.142. The fourth-order valence-electron chi connectivity index (χ4n) is 1.08.